The summed E-state index contributed by atoms with van der Waals surface area (Å²) in [4.78, 5) is 26.1. The molecule has 33 heavy (non-hydrogen) atoms. The molecule has 2 aliphatic carbocycles. The molecule has 0 radical (unpaired) electrons. The summed E-state index contributed by atoms with van der Waals surface area (Å²) in [6, 6.07) is 15.9. The smallest absolute Gasteiger partial charge is 0.255 e. The minimum atomic E-state index is -0.0618. The summed E-state index contributed by atoms with van der Waals surface area (Å²) in [5.41, 5.74) is 2.84. The van der Waals surface area contributed by atoms with E-state index in [1.54, 1.807) is 16.8 Å². The lowest BCUT2D eigenvalue weighted by Crippen LogP contribution is -2.22. The zero-order chi connectivity index (χ0) is 22.2. The zero-order valence-corrected chi connectivity index (χ0v) is 18.3. The Bertz CT molecular complexity index is 1330. The number of pyridine rings is 2. The van der Waals surface area contributed by atoms with Crippen LogP contribution in [0.2, 0.25) is 0 Å². The molecule has 3 heterocycles. The second kappa shape index (κ2) is 8.31. The molecular weight excluding hydrogens is 412 g/mol. The van der Waals surface area contributed by atoms with E-state index in [0.29, 0.717) is 23.9 Å². The second-order valence-electron chi connectivity index (χ2n) is 9.08. The van der Waals surface area contributed by atoms with Gasteiger partial charge in [-0.3, -0.25) is 9.36 Å². The Morgan fingerprint density at radius 3 is 2.33 bits per heavy atom. The predicted molar refractivity (Wildman–Crippen MR) is 130 cm³/mol. The van der Waals surface area contributed by atoms with Crippen LogP contribution in [-0.2, 0) is 0 Å². The molecule has 2 fully saturated rings. The molecule has 2 atom stereocenters. The van der Waals surface area contributed by atoms with Gasteiger partial charge in [-0.15, -0.1) is 0 Å². The van der Waals surface area contributed by atoms with E-state index in [1.165, 1.54) is 18.4 Å². The summed E-state index contributed by atoms with van der Waals surface area (Å²) in [5, 5.41) is 8.04. The number of benzene rings is 1. The van der Waals surface area contributed by atoms with Crippen LogP contribution < -0.4 is 16.2 Å². The molecule has 0 aliphatic heterocycles. The number of nitrogens with zero attached hydrogens (tertiary/aromatic N) is 4. The first-order valence-electron chi connectivity index (χ1n) is 11.7. The Hall–Kier alpha value is -3.74. The Morgan fingerprint density at radius 1 is 0.788 bits per heavy atom. The van der Waals surface area contributed by atoms with Crippen molar-refractivity contribution in [1.29, 1.82) is 0 Å². The van der Waals surface area contributed by atoms with Crippen LogP contribution in [0, 0.1) is 0 Å². The van der Waals surface area contributed by atoms with E-state index in [1.807, 2.05) is 54.9 Å². The molecule has 0 unspecified atom stereocenters. The van der Waals surface area contributed by atoms with E-state index in [2.05, 4.69) is 25.6 Å². The van der Waals surface area contributed by atoms with Crippen molar-refractivity contribution in [3.05, 3.63) is 83.0 Å². The van der Waals surface area contributed by atoms with Gasteiger partial charge in [0, 0.05) is 30.5 Å². The fraction of sp³-hybridized carbons (Fsp3) is 0.308. The van der Waals surface area contributed by atoms with Gasteiger partial charge in [-0.05, 0) is 73.2 Å². The molecule has 2 N–H and O–H groups in total. The standard InChI is InChI=1S/C26H26N6O/c33-25-12-7-18-3-1-2-4-23(18)32(25)22-10-11-24(27-16-22)30-20-8-9-21(13-20)31-26-28-14-19(15-29-26)17-5-6-17/h1-4,7,10-12,14-17,20-21H,5-6,8-9,13H2,(H,27,30)(H,28,29,31)/t20-,21-/m0/s1. The van der Waals surface area contributed by atoms with Crippen molar-refractivity contribution in [2.45, 2.75) is 50.1 Å². The third-order valence-electron chi connectivity index (χ3n) is 6.65. The Labute approximate surface area is 191 Å². The third-order valence-corrected chi connectivity index (χ3v) is 6.65. The fourth-order valence-corrected chi connectivity index (χ4v) is 4.73. The Kier molecular flexibility index (Phi) is 5.02. The first-order valence-corrected chi connectivity index (χ1v) is 11.7. The van der Waals surface area contributed by atoms with Crippen molar-refractivity contribution in [2.75, 3.05) is 10.6 Å². The molecule has 1 aromatic carbocycles. The molecule has 0 bridgehead atoms. The van der Waals surface area contributed by atoms with Gasteiger partial charge in [0.05, 0.1) is 17.4 Å². The SMILES string of the molecule is O=c1ccc2ccccc2n1-c1ccc(N[C@H]2CC[C@H](Nc3ncc(C4CC4)cn3)C2)nc1. The van der Waals surface area contributed by atoms with Crippen LogP contribution in [0.1, 0.15) is 43.6 Å². The number of fused-ring (bicyclic) bond motifs is 1. The van der Waals surface area contributed by atoms with Crippen LogP contribution in [0.3, 0.4) is 0 Å². The van der Waals surface area contributed by atoms with Gasteiger partial charge < -0.3 is 10.6 Å². The summed E-state index contributed by atoms with van der Waals surface area (Å²) in [6.45, 7) is 0. The largest absolute Gasteiger partial charge is 0.367 e. The van der Waals surface area contributed by atoms with Crippen LogP contribution >= 0.6 is 0 Å². The van der Waals surface area contributed by atoms with Crippen molar-refractivity contribution in [3.8, 4) is 5.69 Å². The van der Waals surface area contributed by atoms with Crippen LogP contribution in [0.15, 0.2) is 71.9 Å². The highest BCUT2D eigenvalue weighted by Crippen LogP contribution is 2.39. The number of hydrogen-bond donors (Lipinski definition) is 2. The Balaban J connectivity index is 1.11. The highest BCUT2D eigenvalue weighted by atomic mass is 16.1. The quantitative estimate of drug-likeness (QED) is 0.461. The average molecular weight is 439 g/mol. The summed E-state index contributed by atoms with van der Waals surface area (Å²) in [5.74, 6) is 2.22. The third kappa shape index (κ3) is 4.18. The van der Waals surface area contributed by atoms with Crippen molar-refractivity contribution < 1.29 is 0 Å². The van der Waals surface area contributed by atoms with Gasteiger partial charge in [-0.1, -0.05) is 18.2 Å². The molecule has 7 heteroatoms. The number of nitrogens with one attached hydrogen (secondary N) is 2. The summed E-state index contributed by atoms with van der Waals surface area (Å²) < 4.78 is 1.70. The topological polar surface area (TPSA) is 84.7 Å². The predicted octanol–water partition coefficient (Wildman–Crippen LogP) is 4.50. The minimum absolute atomic E-state index is 0.0618. The summed E-state index contributed by atoms with van der Waals surface area (Å²) in [7, 11) is 0. The van der Waals surface area contributed by atoms with Gasteiger partial charge in [-0.2, -0.15) is 0 Å². The normalized spacial score (nSPS) is 20.1. The fourth-order valence-electron chi connectivity index (χ4n) is 4.73. The molecule has 7 nitrogen and oxygen atoms in total. The van der Waals surface area contributed by atoms with E-state index in [9.17, 15) is 4.79 Å². The summed E-state index contributed by atoms with van der Waals surface area (Å²) in [6.07, 6.45) is 11.3. The maximum Gasteiger partial charge on any atom is 0.255 e. The molecular formula is C26H26N6O. The maximum atomic E-state index is 12.5. The first-order chi connectivity index (χ1) is 16.2. The monoisotopic (exact) mass is 438 g/mol. The lowest BCUT2D eigenvalue weighted by Gasteiger charge is -2.16. The van der Waals surface area contributed by atoms with Gasteiger partial charge >= 0.3 is 0 Å². The molecule has 0 amide bonds. The Morgan fingerprint density at radius 2 is 1.58 bits per heavy atom. The van der Waals surface area contributed by atoms with Crippen molar-refractivity contribution in [1.82, 2.24) is 19.5 Å². The molecule has 6 rings (SSSR count). The number of aromatic nitrogens is 4. The van der Waals surface area contributed by atoms with Crippen molar-refractivity contribution >= 4 is 22.7 Å². The van der Waals surface area contributed by atoms with Crippen LogP contribution in [0.5, 0.6) is 0 Å². The highest BCUT2D eigenvalue weighted by molar-refractivity contribution is 5.80. The molecule has 0 saturated heterocycles. The van der Waals surface area contributed by atoms with Crippen LogP contribution in [0.25, 0.3) is 16.6 Å². The zero-order valence-electron chi connectivity index (χ0n) is 18.3. The molecule has 2 aliphatic rings. The van der Waals surface area contributed by atoms with Gasteiger partial charge in [0.25, 0.3) is 5.56 Å². The van der Waals surface area contributed by atoms with E-state index < -0.39 is 0 Å². The number of hydrogen-bond acceptors (Lipinski definition) is 6. The average Bonchev–Trinajstić information content (AvgIpc) is 3.61. The molecule has 166 valence electrons. The van der Waals surface area contributed by atoms with Crippen molar-refractivity contribution in [2.24, 2.45) is 0 Å². The van der Waals surface area contributed by atoms with E-state index >= 15 is 0 Å². The molecule has 3 aromatic heterocycles. The van der Waals surface area contributed by atoms with E-state index in [-0.39, 0.29) is 5.56 Å². The molecule has 0 spiro atoms. The van der Waals surface area contributed by atoms with Gasteiger partial charge in [-0.25, -0.2) is 15.0 Å². The highest BCUT2D eigenvalue weighted by Gasteiger charge is 2.26. The van der Waals surface area contributed by atoms with Gasteiger partial charge in [0.15, 0.2) is 0 Å². The molecule has 2 saturated carbocycles. The number of para-hydroxylation sites is 1. The summed E-state index contributed by atoms with van der Waals surface area (Å²) >= 11 is 0. The van der Waals surface area contributed by atoms with Gasteiger partial charge in [0.2, 0.25) is 5.95 Å². The van der Waals surface area contributed by atoms with Crippen LogP contribution in [-0.4, -0.2) is 31.6 Å². The number of rotatable bonds is 6. The van der Waals surface area contributed by atoms with E-state index in [4.69, 9.17) is 0 Å². The lowest BCUT2D eigenvalue weighted by molar-refractivity contribution is 0.716. The van der Waals surface area contributed by atoms with Gasteiger partial charge in [0.1, 0.15) is 5.82 Å². The maximum absolute atomic E-state index is 12.5. The lowest BCUT2D eigenvalue weighted by atomic mass is 10.2. The van der Waals surface area contributed by atoms with E-state index in [0.717, 1.165) is 41.7 Å². The first kappa shape index (κ1) is 19.9. The van der Waals surface area contributed by atoms with Crippen molar-refractivity contribution in [3.63, 3.8) is 0 Å². The number of anilines is 2. The molecule has 4 aromatic rings. The minimum Gasteiger partial charge on any atom is -0.367 e. The second-order valence-corrected chi connectivity index (χ2v) is 9.08. The van der Waals surface area contributed by atoms with Crippen LogP contribution in [0.4, 0.5) is 11.8 Å².